The molecule has 0 bridgehead atoms. The zero-order chi connectivity index (χ0) is 28.1. The number of benzene rings is 5. The summed E-state index contributed by atoms with van der Waals surface area (Å²) in [7, 11) is 0. The number of fused-ring (bicyclic) bond motifs is 1. The molecular weight excluding hydrogens is 518 g/mol. The Kier molecular flexibility index (Phi) is 7.01. The van der Waals surface area contributed by atoms with Crippen LogP contribution in [0.25, 0.3) is 33.3 Å². The van der Waals surface area contributed by atoms with E-state index in [-0.39, 0.29) is 6.61 Å². The molecule has 0 aliphatic heterocycles. The van der Waals surface area contributed by atoms with E-state index in [1.165, 1.54) is 38.9 Å². The summed E-state index contributed by atoms with van der Waals surface area (Å²) in [5.41, 5.74) is 9.92. The average Bonchev–Trinajstić information content (AvgIpc) is 3.68. The van der Waals surface area contributed by atoms with Crippen LogP contribution in [0, 0.1) is 0 Å². The first-order valence-corrected chi connectivity index (χ1v) is 14.1. The highest BCUT2D eigenvalue weighted by Gasteiger charge is 2.20. The maximum atomic E-state index is 5.83. The van der Waals surface area contributed by atoms with Crippen LogP contribution in [0.4, 0.5) is 0 Å². The van der Waals surface area contributed by atoms with Gasteiger partial charge in [0.25, 0.3) is 0 Å². The first kappa shape index (κ1) is 25.5. The van der Waals surface area contributed by atoms with E-state index in [1.807, 2.05) is 12.1 Å². The molecule has 0 spiro atoms. The number of nitrogens with zero attached hydrogens (tertiary/aromatic N) is 4. The predicted molar refractivity (Wildman–Crippen MR) is 166 cm³/mol. The van der Waals surface area contributed by atoms with Crippen molar-refractivity contribution in [3.63, 3.8) is 0 Å². The van der Waals surface area contributed by atoms with E-state index in [2.05, 4.69) is 147 Å². The number of tetrazole rings is 1. The number of rotatable bonds is 9. The fourth-order valence-electron chi connectivity index (χ4n) is 5.57. The van der Waals surface area contributed by atoms with E-state index in [9.17, 15) is 0 Å². The SMILES string of the molecule is c1ccc(Cc2c(-c3ccccc3)n(Cc3ccccc3)c3ccc(-c4ccc(OCc5nn[nH]n5)cc4)cc23)cc1. The summed E-state index contributed by atoms with van der Waals surface area (Å²) in [6.07, 6.45) is 0.843. The van der Waals surface area contributed by atoms with E-state index in [4.69, 9.17) is 4.74 Å². The number of hydrogen-bond acceptors (Lipinski definition) is 4. The van der Waals surface area contributed by atoms with Crippen LogP contribution in [-0.2, 0) is 19.6 Å². The van der Waals surface area contributed by atoms with Crippen molar-refractivity contribution < 1.29 is 4.74 Å². The molecule has 1 N–H and O–H groups in total. The Morgan fingerprint density at radius 3 is 2.00 bits per heavy atom. The molecule has 7 aromatic rings. The predicted octanol–water partition coefficient (Wildman–Crippen LogP) is 7.71. The molecule has 0 radical (unpaired) electrons. The first-order chi connectivity index (χ1) is 20.8. The van der Waals surface area contributed by atoms with Gasteiger partial charge in [-0.25, -0.2) is 0 Å². The molecule has 0 fully saturated rings. The van der Waals surface area contributed by atoms with Crippen LogP contribution in [0.2, 0.25) is 0 Å². The maximum Gasteiger partial charge on any atom is 0.211 e. The number of aromatic amines is 1. The molecule has 0 aliphatic rings. The molecule has 204 valence electrons. The van der Waals surface area contributed by atoms with Crippen molar-refractivity contribution in [1.29, 1.82) is 0 Å². The second-order valence-corrected chi connectivity index (χ2v) is 10.3. The molecular formula is C36H29N5O. The Labute approximate surface area is 244 Å². The average molecular weight is 548 g/mol. The van der Waals surface area contributed by atoms with Crippen molar-refractivity contribution >= 4 is 10.9 Å². The molecule has 0 saturated carbocycles. The summed E-state index contributed by atoms with van der Waals surface area (Å²) < 4.78 is 8.32. The third kappa shape index (κ3) is 5.30. The lowest BCUT2D eigenvalue weighted by Crippen LogP contribution is -2.03. The summed E-state index contributed by atoms with van der Waals surface area (Å²) in [6.45, 7) is 1.06. The molecule has 2 heterocycles. The van der Waals surface area contributed by atoms with Gasteiger partial charge >= 0.3 is 0 Å². The van der Waals surface area contributed by atoms with Gasteiger partial charge in [0.1, 0.15) is 5.75 Å². The molecule has 0 aliphatic carbocycles. The zero-order valence-electron chi connectivity index (χ0n) is 23.0. The zero-order valence-corrected chi connectivity index (χ0v) is 23.0. The number of hydrogen-bond donors (Lipinski definition) is 1. The van der Waals surface area contributed by atoms with Gasteiger partial charge in [0, 0.05) is 23.9 Å². The van der Waals surface area contributed by atoms with Crippen molar-refractivity contribution in [1.82, 2.24) is 25.2 Å². The molecule has 6 heteroatoms. The van der Waals surface area contributed by atoms with Crippen LogP contribution in [0.5, 0.6) is 5.75 Å². The van der Waals surface area contributed by atoms with Gasteiger partial charge in [-0.1, -0.05) is 114 Å². The monoisotopic (exact) mass is 547 g/mol. The third-order valence-electron chi connectivity index (χ3n) is 7.57. The van der Waals surface area contributed by atoms with Crippen LogP contribution in [0.15, 0.2) is 133 Å². The van der Waals surface area contributed by atoms with Crippen LogP contribution >= 0.6 is 0 Å². The lowest BCUT2D eigenvalue weighted by Gasteiger charge is -2.13. The van der Waals surface area contributed by atoms with Gasteiger partial charge in [-0.05, 0) is 57.6 Å². The molecule has 42 heavy (non-hydrogen) atoms. The lowest BCUT2D eigenvalue weighted by atomic mass is 9.96. The van der Waals surface area contributed by atoms with E-state index in [0.717, 1.165) is 29.8 Å². The molecule has 2 aromatic heterocycles. The maximum absolute atomic E-state index is 5.83. The van der Waals surface area contributed by atoms with Crippen molar-refractivity contribution in [3.05, 3.63) is 156 Å². The third-order valence-corrected chi connectivity index (χ3v) is 7.57. The standard InChI is InChI=1S/C36H29N5O/c1-4-10-26(11-5-1)22-33-32-23-30(28-16-19-31(20-17-28)42-25-35-37-39-40-38-35)18-21-34(32)41(24-27-12-6-2-7-13-27)36(33)29-14-8-3-9-15-29/h1-21,23H,22,24-25H2,(H,37,38,39,40). The molecule has 0 amide bonds. The fourth-order valence-corrected chi connectivity index (χ4v) is 5.57. The van der Waals surface area contributed by atoms with Gasteiger partial charge in [-0.15, -0.1) is 10.2 Å². The van der Waals surface area contributed by atoms with Crippen LogP contribution in [0.3, 0.4) is 0 Å². The first-order valence-electron chi connectivity index (χ1n) is 14.1. The van der Waals surface area contributed by atoms with Gasteiger partial charge in [0.2, 0.25) is 5.82 Å². The Morgan fingerprint density at radius 1 is 0.643 bits per heavy atom. The van der Waals surface area contributed by atoms with Crippen LogP contribution < -0.4 is 4.74 Å². The normalized spacial score (nSPS) is 11.1. The lowest BCUT2D eigenvalue weighted by molar-refractivity contribution is 0.296. The van der Waals surface area contributed by atoms with E-state index in [0.29, 0.717) is 5.82 Å². The van der Waals surface area contributed by atoms with Gasteiger partial charge in [-0.2, -0.15) is 5.21 Å². The van der Waals surface area contributed by atoms with Gasteiger partial charge in [-0.3, -0.25) is 0 Å². The van der Waals surface area contributed by atoms with Crippen LogP contribution in [0.1, 0.15) is 22.5 Å². The molecule has 0 unspecified atom stereocenters. The molecule has 0 saturated heterocycles. The second-order valence-electron chi connectivity index (χ2n) is 10.3. The van der Waals surface area contributed by atoms with E-state index < -0.39 is 0 Å². The fraction of sp³-hybridized carbons (Fsp3) is 0.0833. The minimum absolute atomic E-state index is 0.266. The minimum atomic E-state index is 0.266. The summed E-state index contributed by atoms with van der Waals surface area (Å²) in [5, 5.41) is 15.2. The number of ether oxygens (including phenoxy) is 1. The highest BCUT2D eigenvalue weighted by atomic mass is 16.5. The van der Waals surface area contributed by atoms with E-state index in [1.54, 1.807) is 0 Å². The second kappa shape index (κ2) is 11.6. The van der Waals surface area contributed by atoms with Crippen molar-refractivity contribution in [3.8, 4) is 28.1 Å². The largest absolute Gasteiger partial charge is 0.485 e. The number of nitrogens with one attached hydrogen (secondary N) is 1. The number of aromatic nitrogens is 5. The Bertz CT molecular complexity index is 1900. The highest BCUT2D eigenvalue weighted by Crippen LogP contribution is 2.38. The molecule has 5 aromatic carbocycles. The smallest absolute Gasteiger partial charge is 0.211 e. The quantitative estimate of drug-likeness (QED) is 0.201. The Balaban J connectivity index is 1.34. The van der Waals surface area contributed by atoms with Crippen molar-refractivity contribution in [2.45, 2.75) is 19.6 Å². The molecule has 7 rings (SSSR count). The summed E-state index contributed by atoms with van der Waals surface area (Å²) in [6, 6.07) is 47.2. The summed E-state index contributed by atoms with van der Waals surface area (Å²) in [4.78, 5) is 0. The topological polar surface area (TPSA) is 68.6 Å². The Hall–Kier alpha value is -5.49. The summed E-state index contributed by atoms with van der Waals surface area (Å²) >= 11 is 0. The summed E-state index contributed by atoms with van der Waals surface area (Å²) in [5.74, 6) is 1.28. The van der Waals surface area contributed by atoms with Crippen molar-refractivity contribution in [2.75, 3.05) is 0 Å². The molecule has 6 nitrogen and oxygen atoms in total. The van der Waals surface area contributed by atoms with E-state index >= 15 is 0 Å². The van der Waals surface area contributed by atoms with Crippen molar-refractivity contribution in [2.24, 2.45) is 0 Å². The van der Waals surface area contributed by atoms with Gasteiger partial charge in [0.05, 0.1) is 5.69 Å². The molecule has 0 atom stereocenters. The van der Waals surface area contributed by atoms with Gasteiger partial charge < -0.3 is 9.30 Å². The number of H-pyrrole nitrogens is 1. The van der Waals surface area contributed by atoms with Crippen LogP contribution in [-0.4, -0.2) is 25.2 Å². The minimum Gasteiger partial charge on any atom is -0.485 e. The Morgan fingerprint density at radius 2 is 1.31 bits per heavy atom. The van der Waals surface area contributed by atoms with Gasteiger partial charge in [0.15, 0.2) is 6.61 Å². The highest BCUT2D eigenvalue weighted by molar-refractivity contribution is 5.95.